The van der Waals surface area contributed by atoms with Crippen molar-refractivity contribution in [2.24, 2.45) is 5.41 Å². The van der Waals surface area contributed by atoms with Gasteiger partial charge in [-0.2, -0.15) is 0 Å². The molecular weight excluding hydrogens is 257 g/mol. The standard InChI is InChI=1S/C13H18ClNO.ClH/c14-12-4-2-1-3-11(12)9-13(10-16)5-7-15-8-6-13;/h1-4,15-16H,5-10H2;1H. The molecule has 1 aliphatic heterocycles. The van der Waals surface area contributed by atoms with Crippen LogP contribution < -0.4 is 5.32 Å². The van der Waals surface area contributed by atoms with Gasteiger partial charge in [-0.15, -0.1) is 12.4 Å². The molecule has 0 aromatic heterocycles. The van der Waals surface area contributed by atoms with E-state index in [4.69, 9.17) is 11.6 Å². The summed E-state index contributed by atoms with van der Waals surface area (Å²) in [5.74, 6) is 0. The highest BCUT2D eigenvalue weighted by molar-refractivity contribution is 6.31. The zero-order valence-electron chi connectivity index (χ0n) is 9.79. The molecule has 0 saturated carbocycles. The SMILES string of the molecule is Cl.OCC1(Cc2ccccc2Cl)CCNCC1. The molecular formula is C13H19Cl2NO. The van der Waals surface area contributed by atoms with Crippen LogP contribution in [-0.4, -0.2) is 24.8 Å². The first-order valence-corrected chi connectivity index (χ1v) is 6.19. The number of nitrogens with one attached hydrogen (secondary N) is 1. The molecule has 0 spiro atoms. The minimum Gasteiger partial charge on any atom is -0.396 e. The molecule has 96 valence electrons. The van der Waals surface area contributed by atoms with E-state index in [-0.39, 0.29) is 24.4 Å². The molecule has 0 amide bonds. The highest BCUT2D eigenvalue weighted by Gasteiger charge is 2.31. The maximum atomic E-state index is 9.62. The van der Waals surface area contributed by atoms with Crippen molar-refractivity contribution in [3.63, 3.8) is 0 Å². The van der Waals surface area contributed by atoms with Crippen molar-refractivity contribution in [3.8, 4) is 0 Å². The van der Waals surface area contributed by atoms with E-state index >= 15 is 0 Å². The molecule has 2 rings (SSSR count). The Morgan fingerprint density at radius 1 is 1.24 bits per heavy atom. The third kappa shape index (κ3) is 3.59. The lowest BCUT2D eigenvalue weighted by atomic mass is 9.75. The minimum absolute atomic E-state index is 0. The van der Waals surface area contributed by atoms with Gasteiger partial charge in [0, 0.05) is 11.6 Å². The Bertz CT molecular complexity index is 351. The normalized spacial score (nSPS) is 18.5. The first-order valence-electron chi connectivity index (χ1n) is 5.81. The topological polar surface area (TPSA) is 32.3 Å². The Hall–Kier alpha value is -0.280. The van der Waals surface area contributed by atoms with Crippen molar-refractivity contribution in [2.45, 2.75) is 19.3 Å². The van der Waals surface area contributed by atoms with Crippen LogP contribution in [0.4, 0.5) is 0 Å². The summed E-state index contributed by atoms with van der Waals surface area (Å²) in [5, 5.41) is 13.8. The van der Waals surface area contributed by atoms with Crippen molar-refractivity contribution < 1.29 is 5.11 Å². The maximum Gasteiger partial charge on any atom is 0.0491 e. The summed E-state index contributed by atoms with van der Waals surface area (Å²) >= 11 is 6.17. The maximum absolute atomic E-state index is 9.62. The summed E-state index contributed by atoms with van der Waals surface area (Å²) in [4.78, 5) is 0. The fourth-order valence-electron chi connectivity index (χ4n) is 2.39. The molecule has 1 aliphatic rings. The predicted molar refractivity (Wildman–Crippen MR) is 74.0 cm³/mol. The van der Waals surface area contributed by atoms with Crippen LogP contribution in [0.1, 0.15) is 18.4 Å². The minimum atomic E-state index is 0. The highest BCUT2D eigenvalue weighted by atomic mass is 35.5. The summed E-state index contributed by atoms with van der Waals surface area (Å²) in [5.41, 5.74) is 1.18. The zero-order chi connectivity index (χ0) is 11.4. The zero-order valence-corrected chi connectivity index (χ0v) is 11.4. The van der Waals surface area contributed by atoms with E-state index in [0.29, 0.717) is 0 Å². The second-order valence-electron chi connectivity index (χ2n) is 4.68. The van der Waals surface area contributed by atoms with Gasteiger partial charge in [0.05, 0.1) is 0 Å². The first kappa shape index (κ1) is 14.8. The molecule has 0 atom stereocenters. The second kappa shape index (κ2) is 6.60. The van der Waals surface area contributed by atoms with Crippen LogP contribution in [0.25, 0.3) is 0 Å². The Balaban J connectivity index is 0.00000144. The molecule has 2 nitrogen and oxygen atoms in total. The average Bonchev–Trinajstić information content (AvgIpc) is 2.33. The molecule has 1 heterocycles. The Morgan fingerprint density at radius 3 is 2.47 bits per heavy atom. The van der Waals surface area contributed by atoms with Gasteiger partial charge in [-0.1, -0.05) is 29.8 Å². The predicted octanol–water partition coefficient (Wildman–Crippen LogP) is 2.67. The molecule has 0 aliphatic carbocycles. The van der Waals surface area contributed by atoms with E-state index in [0.717, 1.165) is 42.9 Å². The van der Waals surface area contributed by atoms with Crippen molar-refractivity contribution >= 4 is 24.0 Å². The lowest BCUT2D eigenvalue weighted by Gasteiger charge is -2.36. The summed E-state index contributed by atoms with van der Waals surface area (Å²) < 4.78 is 0. The van der Waals surface area contributed by atoms with E-state index in [2.05, 4.69) is 11.4 Å². The summed E-state index contributed by atoms with van der Waals surface area (Å²) in [7, 11) is 0. The van der Waals surface area contributed by atoms with Crippen molar-refractivity contribution in [3.05, 3.63) is 34.9 Å². The molecule has 2 N–H and O–H groups in total. The molecule has 1 saturated heterocycles. The lowest BCUT2D eigenvalue weighted by molar-refractivity contribution is 0.0893. The van der Waals surface area contributed by atoms with Gasteiger partial charge in [-0.3, -0.25) is 0 Å². The number of hydrogen-bond acceptors (Lipinski definition) is 2. The van der Waals surface area contributed by atoms with E-state index in [9.17, 15) is 5.11 Å². The molecule has 0 radical (unpaired) electrons. The van der Waals surface area contributed by atoms with Crippen molar-refractivity contribution in [2.75, 3.05) is 19.7 Å². The fourth-order valence-corrected chi connectivity index (χ4v) is 2.60. The monoisotopic (exact) mass is 275 g/mol. The van der Waals surface area contributed by atoms with Crippen LogP contribution in [0.2, 0.25) is 5.02 Å². The number of halogens is 2. The van der Waals surface area contributed by atoms with E-state index in [1.54, 1.807) is 0 Å². The van der Waals surface area contributed by atoms with E-state index < -0.39 is 0 Å². The van der Waals surface area contributed by atoms with E-state index in [1.165, 1.54) is 0 Å². The van der Waals surface area contributed by atoms with Crippen LogP contribution in [0.3, 0.4) is 0 Å². The van der Waals surface area contributed by atoms with Gasteiger partial charge in [0.15, 0.2) is 0 Å². The van der Waals surface area contributed by atoms with Crippen molar-refractivity contribution in [1.29, 1.82) is 0 Å². The fraction of sp³-hybridized carbons (Fsp3) is 0.538. The second-order valence-corrected chi connectivity index (χ2v) is 5.08. The van der Waals surface area contributed by atoms with Crippen LogP contribution in [-0.2, 0) is 6.42 Å². The molecule has 1 fully saturated rings. The largest absolute Gasteiger partial charge is 0.396 e. The van der Waals surface area contributed by atoms with Crippen molar-refractivity contribution in [1.82, 2.24) is 5.32 Å². The molecule has 1 aromatic rings. The van der Waals surface area contributed by atoms with Gasteiger partial charge in [-0.25, -0.2) is 0 Å². The summed E-state index contributed by atoms with van der Waals surface area (Å²) in [6, 6.07) is 7.93. The average molecular weight is 276 g/mol. The smallest absolute Gasteiger partial charge is 0.0491 e. The Kier molecular flexibility index (Phi) is 5.74. The molecule has 17 heavy (non-hydrogen) atoms. The number of piperidine rings is 1. The van der Waals surface area contributed by atoms with Gasteiger partial charge < -0.3 is 10.4 Å². The number of aliphatic hydroxyl groups excluding tert-OH is 1. The van der Waals surface area contributed by atoms with Crippen LogP contribution >= 0.6 is 24.0 Å². The van der Waals surface area contributed by atoms with Gasteiger partial charge in [-0.05, 0) is 49.4 Å². The third-order valence-electron chi connectivity index (χ3n) is 3.52. The quantitative estimate of drug-likeness (QED) is 0.889. The Morgan fingerprint density at radius 2 is 1.88 bits per heavy atom. The lowest BCUT2D eigenvalue weighted by Crippen LogP contribution is -2.40. The summed E-state index contributed by atoms with van der Waals surface area (Å²) in [6.07, 6.45) is 2.92. The van der Waals surface area contributed by atoms with E-state index in [1.807, 2.05) is 18.2 Å². The highest BCUT2D eigenvalue weighted by Crippen LogP contribution is 2.34. The van der Waals surface area contributed by atoms with Gasteiger partial charge in [0.1, 0.15) is 0 Å². The van der Waals surface area contributed by atoms with Gasteiger partial charge >= 0.3 is 0 Å². The van der Waals surface area contributed by atoms with Crippen LogP contribution in [0.15, 0.2) is 24.3 Å². The van der Waals surface area contributed by atoms with Gasteiger partial charge in [0.2, 0.25) is 0 Å². The molecule has 0 bridgehead atoms. The number of hydrogen-bond donors (Lipinski definition) is 2. The first-order chi connectivity index (χ1) is 7.76. The summed E-state index contributed by atoms with van der Waals surface area (Å²) in [6.45, 7) is 2.23. The van der Waals surface area contributed by atoms with Crippen LogP contribution in [0, 0.1) is 5.41 Å². The molecule has 0 unspecified atom stereocenters. The number of aliphatic hydroxyl groups is 1. The third-order valence-corrected chi connectivity index (χ3v) is 3.89. The number of rotatable bonds is 3. The number of benzene rings is 1. The molecule has 4 heteroatoms. The van der Waals surface area contributed by atoms with Crippen LogP contribution in [0.5, 0.6) is 0 Å². The van der Waals surface area contributed by atoms with Gasteiger partial charge in [0.25, 0.3) is 0 Å². The Labute approximate surface area is 114 Å². The molecule has 1 aromatic carbocycles.